The number of fused-ring (bicyclic) bond motifs is 1. The van der Waals surface area contributed by atoms with Gasteiger partial charge in [-0.15, -0.1) is 0 Å². The number of benzene rings is 2. The van der Waals surface area contributed by atoms with Crippen LogP contribution in [-0.2, 0) is 15.1 Å². The van der Waals surface area contributed by atoms with Gasteiger partial charge < -0.3 is 16.0 Å². The third-order valence-electron chi connectivity index (χ3n) is 4.45. The fraction of sp³-hybridized carbons (Fsp3) is 0.111. The Morgan fingerprint density at radius 2 is 2.04 bits per heavy atom. The largest absolute Gasteiger partial charge is 0.367 e. The molecule has 1 atom stereocenters. The summed E-state index contributed by atoms with van der Waals surface area (Å²) in [5, 5.41) is 5.42. The number of primary amides is 1. The van der Waals surface area contributed by atoms with Crippen LogP contribution in [0.3, 0.4) is 0 Å². The Morgan fingerprint density at radius 1 is 1.25 bits per heavy atom. The molecule has 1 aliphatic rings. The van der Waals surface area contributed by atoms with Gasteiger partial charge in [0.1, 0.15) is 17.4 Å². The molecule has 0 saturated heterocycles. The van der Waals surface area contributed by atoms with Gasteiger partial charge in [0.2, 0.25) is 5.54 Å². The second-order valence-corrected chi connectivity index (χ2v) is 6.57. The lowest BCUT2D eigenvalue weighted by Gasteiger charge is -2.25. The Kier molecular flexibility index (Phi) is 4.33. The lowest BCUT2D eigenvalue weighted by molar-refractivity contribution is -0.123. The second kappa shape index (κ2) is 6.70. The van der Waals surface area contributed by atoms with Crippen molar-refractivity contribution in [2.45, 2.75) is 5.54 Å². The quantitative estimate of drug-likeness (QED) is 0.531. The minimum Gasteiger partial charge on any atom is -0.367 e. The molecule has 1 unspecified atom stereocenters. The number of amides is 2. The number of nitrogens with zero attached hydrogens (tertiary/aromatic N) is 2. The van der Waals surface area contributed by atoms with Crippen molar-refractivity contribution in [3.8, 4) is 0 Å². The van der Waals surface area contributed by atoms with Crippen LogP contribution in [0.1, 0.15) is 5.82 Å². The van der Waals surface area contributed by atoms with Crippen molar-refractivity contribution in [2.75, 3.05) is 12.0 Å². The lowest BCUT2D eigenvalue weighted by Crippen LogP contribution is -2.58. The molecule has 10 heteroatoms. The number of aromatic nitrogens is 2. The summed E-state index contributed by atoms with van der Waals surface area (Å²) in [5.41, 5.74) is 4.81. The van der Waals surface area contributed by atoms with Gasteiger partial charge in [0.25, 0.3) is 11.8 Å². The van der Waals surface area contributed by atoms with Crippen molar-refractivity contribution in [1.82, 2.24) is 15.3 Å². The summed E-state index contributed by atoms with van der Waals surface area (Å²) in [4.78, 5) is 36.7. The number of nitrogens with two attached hydrogens (primary N) is 1. The molecular weight excluding hydrogens is 387 g/mol. The molecule has 8 nitrogen and oxygen atoms in total. The number of hydrogen-bond donors (Lipinski definition) is 4. The number of aliphatic imine (C=N–C) groups is 1. The van der Waals surface area contributed by atoms with E-state index in [1.54, 1.807) is 24.3 Å². The van der Waals surface area contributed by atoms with Gasteiger partial charge in [0.05, 0.1) is 23.4 Å². The number of H-pyrrole nitrogens is 1. The van der Waals surface area contributed by atoms with E-state index in [4.69, 9.17) is 17.3 Å². The van der Waals surface area contributed by atoms with Crippen LogP contribution in [0.2, 0.25) is 5.02 Å². The van der Waals surface area contributed by atoms with Crippen LogP contribution in [-0.4, -0.2) is 34.2 Å². The van der Waals surface area contributed by atoms with Gasteiger partial charge in [-0.2, -0.15) is 0 Å². The Hall–Kier alpha value is -3.30. The smallest absolute Gasteiger partial charge is 0.272 e. The van der Waals surface area contributed by atoms with Crippen molar-refractivity contribution in [1.29, 1.82) is 0 Å². The Bertz CT molecular complexity index is 1110. The topological polar surface area (TPSA) is 125 Å². The first-order valence-corrected chi connectivity index (χ1v) is 8.61. The van der Waals surface area contributed by atoms with E-state index in [2.05, 4.69) is 25.6 Å². The maximum atomic E-state index is 14.0. The van der Waals surface area contributed by atoms with Crippen LogP contribution >= 0.6 is 11.6 Å². The Morgan fingerprint density at radius 3 is 2.75 bits per heavy atom. The van der Waals surface area contributed by atoms with Gasteiger partial charge in [0, 0.05) is 5.02 Å². The Balaban J connectivity index is 1.74. The van der Waals surface area contributed by atoms with Crippen LogP contribution in [0.15, 0.2) is 47.5 Å². The predicted molar refractivity (Wildman–Crippen MR) is 102 cm³/mol. The summed E-state index contributed by atoms with van der Waals surface area (Å²) in [7, 11) is 0. The van der Waals surface area contributed by atoms with Crippen molar-refractivity contribution >= 4 is 45.8 Å². The molecule has 4 rings (SSSR count). The highest BCUT2D eigenvalue weighted by molar-refractivity contribution is 6.50. The molecule has 2 heterocycles. The minimum atomic E-state index is -1.77. The number of aromatic amines is 1. The minimum absolute atomic E-state index is 0.0359. The number of nitrogens with one attached hydrogen (secondary N) is 3. The highest BCUT2D eigenvalue weighted by Gasteiger charge is 2.52. The molecule has 0 radical (unpaired) electrons. The summed E-state index contributed by atoms with van der Waals surface area (Å²) in [6, 6.07) is 10.9. The van der Waals surface area contributed by atoms with E-state index in [-0.39, 0.29) is 28.9 Å². The number of imidazole rings is 1. The van der Waals surface area contributed by atoms with Gasteiger partial charge in [-0.1, -0.05) is 23.7 Å². The zero-order chi connectivity index (χ0) is 19.9. The molecule has 1 aliphatic heterocycles. The number of halogens is 2. The van der Waals surface area contributed by atoms with Crippen LogP contribution < -0.4 is 16.4 Å². The van der Waals surface area contributed by atoms with E-state index in [1.165, 1.54) is 12.1 Å². The molecule has 0 fully saturated rings. The second-order valence-electron chi connectivity index (χ2n) is 6.14. The van der Waals surface area contributed by atoms with Gasteiger partial charge in [-0.3, -0.25) is 19.9 Å². The zero-order valence-corrected chi connectivity index (χ0v) is 15.0. The highest BCUT2D eigenvalue weighted by atomic mass is 35.5. The van der Waals surface area contributed by atoms with E-state index in [1.807, 2.05) is 0 Å². The zero-order valence-electron chi connectivity index (χ0n) is 14.3. The standard InChI is InChI=1S/C18H14ClFN6O2/c19-9-5-6-11(10(20)7-9)24-15(27)14-18(16(21)28,23-8-22-14)17-25-12-3-1-2-4-13(12)26-17/h1-7,23H,8H2,(H2,21,28)(H,24,27)(H,25,26). The lowest BCUT2D eigenvalue weighted by atomic mass is 9.91. The fourth-order valence-corrected chi connectivity index (χ4v) is 3.26. The summed E-state index contributed by atoms with van der Waals surface area (Å²) < 4.78 is 14.0. The molecule has 3 aromatic rings. The molecular formula is C18H14ClFN6O2. The first kappa shape index (κ1) is 18.1. The van der Waals surface area contributed by atoms with Crippen molar-refractivity contribution in [3.63, 3.8) is 0 Å². The summed E-state index contributed by atoms with van der Waals surface area (Å²) in [5.74, 6) is -2.25. The third kappa shape index (κ3) is 2.81. The van der Waals surface area contributed by atoms with E-state index < -0.39 is 23.2 Å². The number of carbonyl (C=O) groups excluding carboxylic acids is 2. The van der Waals surface area contributed by atoms with Crippen molar-refractivity contribution in [2.24, 2.45) is 10.7 Å². The molecule has 0 spiro atoms. The average Bonchev–Trinajstić information content (AvgIpc) is 3.28. The van der Waals surface area contributed by atoms with Crippen LogP contribution in [0.25, 0.3) is 11.0 Å². The van der Waals surface area contributed by atoms with Gasteiger partial charge in [0.15, 0.2) is 0 Å². The number of para-hydroxylation sites is 2. The average molecular weight is 401 g/mol. The number of hydrogen-bond acceptors (Lipinski definition) is 5. The van der Waals surface area contributed by atoms with Gasteiger partial charge in [-0.25, -0.2) is 9.37 Å². The first-order valence-electron chi connectivity index (χ1n) is 8.23. The first-order chi connectivity index (χ1) is 13.4. The fourth-order valence-electron chi connectivity index (χ4n) is 3.10. The molecule has 28 heavy (non-hydrogen) atoms. The summed E-state index contributed by atoms with van der Waals surface area (Å²) >= 11 is 5.73. The molecule has 142 valence electrons. The number of anilines is 1. The SMILES string of the molecule is NC(=O)C1(c2nc3ccccc3[nH]2)NCN=C1C(=O)Nc1ccc(Cl)cc1F. The molecule has 0 saturated carbocycles. The van der Waals surface area contributed by atoms with Crippen LogP contribution in [0, 0.1) is 5.82 Å². The van der Waals surface area contributed by atoms with E-state index in [0.29, 0.717) is 11.0 Å². The summed E-state index contributed by atoms with van der Waals surface area (Å²) in [6.07, 6.45) is 0. The normalized spacial score (nSPS) is 18.9. The van der Waals surface area contributed by atoms with Crippen LogP contribution in [0.4, 0.5) is 10.1 Å². The van der Waals surface area contributed by atoms with Crippen molar-refractivity contribution < 1.29 is 14.0 Å². The van der Waals surface area contributed by atoms with Crippen LogP contribution in [0.5, 0.6) is 0 Å². The maximum absolute atomic E-state index is 14.0. The molecule has 2 amide bonds. The van der Waals surface area contributed by atoms with E-state index >= 15 is 0 Å². The third-order valence-corrected chi connectivity index (χ3v) is 4.68. The predicted octanol–water partition coefficient (Wildman–Crippen LogP) is 1.68. The van der Waals surface area contributed by atoms with E-state index in [0.717, 1.165) is 6.07 Å². The maximum Gasteiger partial charge on any atom is 0.272 e. The van der Waals surface area contributed by atoms with Gasteiger partial charge >= 0.3 is 0 Å². The van der Waals surface area contributed by atoms with Gasteiger partial charge in [-0.05, 0) is 30.3 Å². The molecule has 0 aliphatic carbocycles. The monoisotopic (exact) mass is 400 g/mol. The molecule has 1 aromatic heterocycles. The van der Waals surface area contributed by atoms with E-state index in [9.17, 15) is 14.0 Å². The van der Waals surface area contributed by atoms with Crippen molar-refractivity contribution in [3.05, 3.63) is 59.1 Å². The molecule has 2 aromatic carbocycles. The molecule has 5 N–H and O–H groups in total. The number of carbonyl (C=O) groups is 2. The number of rotatable bonds is 4. The molecule has 0 bridgehead atoms. The Labute approximate surface area is 163 Å². The highest BCUT2D eigenvalue weighted by Crippen LogP contribution is 2.28. The summed E-state index contributed by atoms with van der Waals surface area (Å²) in [6.45, 7) is -0.0359.